The summed E-state index contributed by atoms with van der Waals surface area (Å²) in [4.78, 5) is 0. The van der Waals surface area contributed by atoms with Crippen molar-refractivity contribution in [1.29, 1.82) is 5.26 Å². The molecule has 0 bridgehead atoms. The molecule has 0 saturated heterocycles. The van der Waals surface area contributed by atoms with Gasteiger partial charge in [-0.1, -0.05) is 70.5 Å². The maximum Gasteiger partial charge on any atom is 0.0998 e. The van der Waals surface area contributed by atoms with Crippen molar-refractivity contribution in [3.05, 3.63) is 82.8 Å². The van der Waals surface area contributed by atoms with E-state index in [1.165, 1.54) is 11.1 Å². The molecule has 0 unspecified atom stereocenters. The average Bonchev–Trinajstić information content (AvgIpc) is 2.56. The van der Waals surface area contributed by atoms with Crippen LogP contribution in [-0.4, -0.2) is 0 Å². The first kappa shape index (κ1) is 13.6. The van der Waals surface area contributed by atoms with Gasteiger partial charge in [-0.3, -0.25) is 0 Å². The maximum absolute atomic E-state index is 9.18. The van der Waals surface area contributed by atoms with Crippen molar-refractivity contribution in [3.8, 4) is 28.3 Å². The summed E-state index contributed by atoms with van der Waals surface area (Å²) in [6, 6.07) is 26.5. The Balaban J connectivity index is 1.98. The summed E-state index contributed by atoms with van der Waals surface area (Å²) in [7, 11) is 0. The zero-order valence-corrected chi connectivity index (χ0v) is 12.8. The molecule has 0 spiro atoms. The molecule has 0 atom stereocenters. The van der Waals surface area contributed by atoms with Gasteiger partial charge in [-0.2, -0.15) is 5.26 Å². The Morgan fingerprint density at radius 2 is 1.19 bits per heavy atom. The lowest BCUT2D eigenvalue weighted by Gasteiger charge is -2.06. The van der Waals surface area contributed by atoms with Gasteiger partial charge in [-0.05, 0) is 40.5 Å². The molecular formula is C19H12BrN. The minimum Gasteiger partial charge on any atom is -0.192 e. The van der Waals surface area contributed by atoms with Gasteiger partial charge in [-0.15, -0.1) is 0 Å². The summed E-state index contributed by atoms with van der Waals surface area (Å²) < 4.78 is 1.07. The molecule has 3 rings (SSSR count). The summed E-state index contributed by atoms with van der Waals surface area (Å²) in [6.45, 7) is 0. The van der Waals surface area contributed by atoms with Crippen molar-refractivity contribution < 1.29 is 0 Å². The Morgan fingerprint density at radius 1 is 0.667 bits per heavy atom. The smallest absolute Gasteiger partial charge is 0.0998 e. The molecule has 1 nitrogen and oxygen atoms in total. The highest BCUT2D eigenvalue weighted by atomic mass is 79.9. The summed E-state index contributed by atoms with van der Waals surface area (Å²) in [5.41, 5.74) is 5.09. The van der Waals surface area contributed by atoms with Crippen LogP contribution in [0.2, 0.25) is 0 Å². The van der Waals surface area contributed by atoms with Gasteiger partial charge in [0.05, 0.1) is 11.6 Å². The van der Waals surface area contributed by atoms with E-state index in [4.69, 9.17) is 0 Å². The molecule has 21 heavy (non-hydrogen) atoms. The molecule has 0 aliphatic heterocycles. The number of halogens is 1. The van der Waals surface area contributed by atoms with E-state index >= 15 is 0 Å². The normalized spacial score (nSPS) is 10.1. The van der Waals surface area contributed by atoms with Crippen molar-refractivity contribution in [3.63, 3.8) is 0 Å². The summed E-state index contributed by atoms with van der Waals surface area (Å²) in [5, 5.41) is 9.18. The highest BCUT2D eigenvalue weighted by molar-refractivity contribution is 9.10. The lowest BCUT2D eigenvalue weighted by Crippen LogP contribution is -1.84. The van der Waals surface area contributed by atoms with Gasteiger partial charge in [0.1, 0.15) is 0 Å². The van der Waals surface area contributed by atoms with Gasteiger partial charge in [0.25, 0.3) is 0 Å². The van der Waals surface area contributed by atoms with E-state index in [1.54, 1.807) is 0 Å². The molecule has 2 heteroatoms. The Labute approximate surface area is 132 Å². The average molecular weight is 334 g/mol. The maximum atomic E-state index is 9.18. The van der Waals surface area contributed by atoms with Crippen LogP contribution in [0.25, 0.3) is 22.3 Å². The zero-order chi connectivity index (χ0) is 14.7. The fraction of sp³-hybridized carbons (Fsp3) is 0. The highest BCUT2D eigenvalue weighted by Crippen LogP contribution is 2.27. The van der Waals surface area contributed by atoms with Crippen molar-refractivity contribution in [2.45, 2.75) is 0 Å². The standard InChI is InChI=1S/C19H12BrN/c20-18-11-9-15(10-12-18)14-5-7-16(8-6-14)19-4-2-1-3-17(19)13-21/h1-12H. The molecule has 0 amide bonds. The van der Waals surface area contributed by atoms with E-state index in [0.29, 0.717) is 5.56 Å². The fourth-order valence-corrected chi connectivity index (χ4v) is 2.58. The largest absolute Gasteiger partial charge is 0.192 e. The van der Waals surface area contributed by atoms with E-state index in [0.717, 1.165) is 15.6 Å². The molecule has 0 radical (unpaired) electrons. The number of nitrogens with zero attached hydrogens (tertiary/aromatic N) is 1. The van der Waals surface area contributed by atoms with Crippen molar-refractivity contribution in [1.82, 2.24) is 0 Å². The molecule has 0 fully saturated rings. The number of nitriles is 1. The van der Waals surface area contributed by atoms with Crippen LogP contribution in [0.3, 0.4) is 0 Å². The number of hydrogen-bond donors (Lipinski definition) is 0. The van der Waals surface area contributed by atoms with Crippen molar-refractivity contribution in [2.24, 2.45) is 0 Å². The number of benzene rings is 3. The Kier molecular flexibility index (Phi) is 3.85. The van der Waals surface area contributed by atoms with E-state index in [9.17, 15) is 5.26 Å². The second-order valence-corrected chi connectivity index (χ2v) is 5.66. The number of rotatable bonds is 2. The van der Waals surface area contributed by atoms with Crippen LogP contribution in [0, 0.1) is 11.3 Å². The van der Waals surface area contributed by atoms with Crippen molar-refractivity contribution in [2.75, 3.05) is 0 Å². The summed E-state index contributed by atoms with van der Waals surface area (Å²) in [6.07, 6.45) is 0. The molecule has 0 aliphatic carbocycles. The van der Waals surface area contributed by atoms with Gasteiger partial charge in [-0.25, -0.2) is 0 Å². The number of hydrogen-bond acceptors (Lipinski definition) is 1. The van der Waals surface area contributed by atoms with Gasteiger partial charge in [0, 0.05) is 4.47 Å². The van der Waals surface area contributed by atoms with Crippen LogP contribution >= 0.6 is 15.9 Å². The van der Waals surface area contributed by atoms with Crippen LogP contribution in [-0.2, 0) is 0 Å². The zero-order valence-electron chi connectivity index (χ0n) is 11.3. The molecule has 0 aromatic heterocycles. The quantitative estimate of drug-likeness (QED) is 0.594. The molecule has 0 aliphatic rings. The van der Waals surface area contributed by atoms with Gasteiger partial charge in [0.2, 0.25) is 0 Å². The fourth-order valence-electron chi connectivity index (χ4n) is 2.32. The monoisotopic (exact) mass is 333 g/mol. The summed E-state index contributed by atoms with van der Waals surface area (Å²) in [5.74, 6) is 0. The molecule has 3 aromatic rings. The van der Waals surface area contributed by atoms with E-state index < -0.39 is 0 Å². The van der Waals surface area contributed by atoms with Crippen molar-refractivity contribution >= 4 is 15.9 Å². The van der Waals surface area contributed by atoms with Gasteiger partial charge >= 0.3 is 0 Å². The SMILES string of the molecule is N#Cc1ccccc1-c1ccc(-c2ccc(Br)cc2)cc1. The lowest BCUT2D eigenvalue weighted by molar-refractivity contribution is 1.48. The minimum absolute atomic E-state index is 0.703. The van der Waals surface area contributed by atoms with Gasteiger partial charge in [0.15, 0.2) is 0 Å². The molecule has 0 heterocycles. The van der Waals surface area contributed by atoms with Crippen LogP contribution in [0.15, 0.2) is 77.3 Å². The van der Waals surface area contributed by atoms with Crippen LogP contribution in [0.4, 0.5) is 0 Å². The second-order valence-electron chi connectivity index (χ2n) is 4.74. The topological polar surface area (TPSA) is 23.8 Å². The van der Waals surface area contributed by atoms with Crippen LogP contribution in [0.5, 0.6) is 0 Å². The first-order chi connectivity index (χ1) is 10.3. The first-order valence-electron chi connectivity index (χ1n) is 6.63. The Hall–Kier alpha value is -2.37. The van der Waals surface area contributed by atoms with E-state index in [1.807, 2.05) is 36.4 Å². The Bertz CT molecular complexity index is 796. The second kappa shape index (κ2) is 5.95. The molecular weight excluding hydrogens is 322 g/mol. The third-order valence-electron chi connectivity index (χ3n) is 3.42. The Morgan fingerprint density at radius 3 is 1.81 bits per heavy atom. The third-order valence-corrected chi connectivity index (χ3v) is 3.95. The van der Waals surface area contributed by atoms with Crippen LogP contribution < -0.4 is 0 Å². The highest BCUT2D eigenvalue weighted by Gasteiger charge is 2.04. The predicted octanol–water partition coefficient (Wildman–Crippen LogP) is 5.65. The van der Waals surface area contributed by atoms with Crippen LogP contribution in [0.1, 0.15) is 5.56 Å². The molecule has 100 valence electrons. The molecule has 0 saturated carbocycles. The van der Waals surface area contributed by atoms with E-state index in [2.05, 4.69) is 58.4 Å². The molecule has 0 N–H and O–H groups in total. The minimum atomic E-state index is 0.703. The predicted molar refractivity (Wildman–Crippen MR) is 89.7 cm³/mol. The van der Waals surface area contributed by atoms with Gasteiger partial charge < -0.3 is 0 Å². The first-order valence-corrected chi connectivity index (χ1v) is 7.43. The van der Waals surface area contributed by atoms with E-state index in [-0.39, 0.29) is 0 Å². The molecule has 3 aromatic carbocycles. The third kappa shape index (κ3) is 2.89. The lowest BCUT2D eigenvalue weighted by atomic mass is 9.97. The summed E-state index contributed by atoms with van der Waals surface area (Å²) >= 11 is 3.45.